The predicted molar refractivity (Wildman–Crippen MR) is 518 cm³/mol. The van der Waals surface area contributed by atoms with E-state index >= 15 is 0 Å². The van der Waals surface area contributed by atoms with Crippen molar-refractivity contribution in [3.8, 4) is 23.0 Å². The summed E-state index contributed by atoms with van der Waals surface area (Å²) >= 11 is 7.57. The van der Waals surface area contributed by atoms with Gasteiger partial charge in [-0.3, -0.25) is 0 Å². The molecule has 0 bridgehead atoms. The summed E-state index contributed by atoms with van der Waals surface area (Å²) in [5, 5.41) is 0. The zero-order valence-corrected chi connectivity index (χ0v) is 77.7. The SMILES string of the molecule is CCC(C)N1c2ccc(C)cc2Sc2cc(C)ccc21.CCCCCCCCN1c2ccc(C)cc2Oc2cc(C)ccc21.CCCCN1c2ccc(C)cc2Sc2cc(C)ccc21.CCN1c2ccc(C)cc2Sc2cc(C)ccc21.Cc1ccc2c(c1)Oc1cc(C)ccc1N2C(C)(C)C.Cc1ccc2c(c1)Sc1cc(C)ccc1N2C. The maximum Gasteiger partial charge on any atom is 0.151 e. The molecule has 0 aromatic heterocycles. The van der Waals surface area contributed by atoms with Gasteiger partial charge in [0.1, 0.15) is 0 Å². The Labute approximate surface area is 730 Å². The first-order valence-electron chi connectivity index (χ1n) is 43.2. The van der Waals surface area contributed by atoms with Crippen LogP contribution in [0.15, 0.2) is 258 Å². The van der Waals surface area contributed by atoms with Gasteiger partial charge in [0.2, 0.25) is 0 Å². The van der Waals surface area contributed by atoms with Crippen LogP contribution in [0.4, 0.5) is 68.2 Å². The molecule has 1 atom stereocenters. The Morgan fingerprint density at radius 2 is 0.521 bits per heavy atom. The van der Waals surface area contributed by atoms with Crippen LogP contribution in [-0.4, -0.2) is 38.3 Å². The number of fused-ring (bicyclic) bond motifs is 12. The summed E-state index contributed by atoms with van der Waals surface area (Å²) in [7, 11) is 2.14. The predicted octanol–water partition coefficient (Wildman–Crippen LogP) is 33.1. The van der Waals surface area contributed by atoms with E-state index in [0.29, 0.717) is 6.04 Å². The van der Waals surface area contributed by atoms with Crippen LogP contribution in [0.5, 0.6) is 23.0 Å². The maximum atomic E-state index is 6.19. The topological polar surface area (TPSA) is 37.9 Å². The molecular weight excluding hydrogens is 1530 g/mol. The summed E-state index contributed by atoms with van der Waals surface area (Å²) < 4.78 is 12.3. The summed E-state index contributed by atoms with van der Waals surface area (Å²) in [4.78, 5) is 25.4. The van der Waals surface area contributed by atoms with Crippen LogP contribution in [0.25, 0.3) is 0 Å². The summed E-state index contributed by atoms with van der Waals surface area (Å²) in [6.07, 6.45) is 11.5. The molecule has 1 unspecified atom stereocenters. The highest BCUT2D eigenvalue weighted by molar-refractivity contribution is 8.00. The van der Waals surface area contributed by atoms with E-state index in [1.54, 1.807) is 0 Å². The molecule has 6 heterocycles. The van der Waals surface area contributed by atoms with Crippen LogP contribution in [0.1, 0.15) is 180 Å². The van der Waals surface area contributed by atoms with Gasteiger partial charge in [0, 0.05) is 77.4 Å². The molecule has 18 rings (SSSR count). The van der Waals surface area contributed by atoms with E-state index in [4.69, 9.17) is 9.47 Å². The Balaban J connectivity index is 0.000000124. The minimum Gasteiger partial charge on any atom is -0.453 e. The smallest absolute Gasteiger partial charge is 0.151 e. The molecule has 0 aliphatic carbocycles. The molecule has 0 saturated carbocycles. The van der Waals surface area contributed by atoms with E-state index in [0.717, 1.165) is 60.4 Å². The molecule has 0 spiro atoms. The van der Waals surface area contributed by atoms with E-state index in [-0.39, 0.29) is 5.54 Å². The number of ether oxygens (including phenoxy) is 2. The Morgan fingerprint density at radius 1 is 0.277 bits per heavy atom. The Kier molecular flexibility index (Phi) is 28.5. The molecule has 0 N–H and O–H groups in total. The fourth-order valence-corrected chi connectivity index (χ4v) is 21.4. The maximum absolute atomic E-state index is 6.19. The fourth-order valence-electron chi connectivity index (χ4n) is 16.2. The molecule has 12 aromatic rings. The summed E-state index contributed by atoms with van der Waals surface area (Å²) in [5.74, 6) is 3.86. The standard InChI is InChI=1S/C22H29NO.C18H21NO.2C18H21NS.C16H17NS.C15H15NS/c1-4-5-6-7-8-9-14-23-19-12-10-17(2)15-21(19)24-22-16-18(3)11-13-20(22)23;1-12-6-8-14-16(10-12)20-17-11-13(2)7-9-15(17)19(14)18(3,4)5;1-5-14(4)19-15-8-6-12(2)10-17(15)20-18-11-13(3)7-9-16(18)19;1-4-5-10-19-15-8-6-13(2)11-17(15)20-18-12-14(3)7-9-16(18)19;1-4-17-13-7-5-11(2)9-15(13)18-16-10-12(3)6-8-14(16)17;1-10-4-6-12-14(8-10)17-15-9-11(2)5-7-13(15)16(12)3/h10-13,15-16H,4-9,14H2,1-3H3;6-11H,1-5H3;6-11,14H,5H2,1-4H3;6-9,11-12H,4-5,10H2,1-3H3;5-10H,4H2,1-3H3;4-9H,1-3H3. The lowest BCUT2D eigenvalue weighted by Gasteiger charge is -2.42. The van der Waals surface area contributed by atoms with Crippen molar-refractivity contribution in [1.82, 2.24) is 0 Å². The third-order valence-electron chi connectivity index (χ3n) is 22.7. The van der Waals surface area contributed by atoms with Crippen molar-refractivity contribution >= 4 is 115 Å². The van der Waals surface area contributed by atoms with Crippen molar-refractivity contribution in [3.05, 3.63) is 285 Å². The molecule has 618 valence electrons. The van der Waals surface area contributed by atoms with Crippen molar-refractivity contribution in [2.24, 2.45) is 0 Å². The van der Waals surface area contributed by atoms with Crippen molar-refractivity contribution in [2.75, 3.05) is 56.1 Å². The molecule has 119 heavy (non-hydrogen) atoms. The average molecular weight is 1650 g/mol. The van der Waals surface area contributed by atoms with Gasteiger partial charge in [-0.2, -0.15) is 0 Å². The van der Waals surface area contributed by atoms with Gasteiger partial charge in [-0.1, -0.05) is 179 Å². The molecule has 12 heteroatoms. The third kappa shape index (κ3) is 20.6. The molecule has 12 aromatic carbocycles. The van der Waals surface area contributed by atoms with Crippen LogP contribution in [0, 0.1) is 83.1 Å². The molecule has 0 saturated heterocycles. The Hall–Kier alpha value is -9.56. The van der Waals surface area contributed by atoms with Crippen LogP contribution in [0.2, 0.25) is 0 Å². The summed E-state index contributed by atoms with van der Waals surface area (Å²) in [5.41, 5.74) is 30.9. The average Bonchev–Trinajstić information content (AvgIpc) is 0.759. The molecule has 8 nitrogen and oxygen atoms in total. The van der Waals surface area contributed by atoms with Crippen LogP contribution in [0.3, 0.4) is 0 Å². The molecule has 0 fully saturated rings. The van der Waals surface area contributed by atoms with Gasteiger partial charge >= 0.3 is 0 Å². The van der Waals surface area contributed by atoms with Gasteiger partial charge in [0.05, 0.1) is 68.2 Å². The zero-order chi connectivity index (χ0) is 84.5. The Morgan fingerprint density at radius 3 is 0.840 bits per heavy atom. The number of nitrogens with zero attached hydrogens (tertiary/aromatic N) is 6. The second-order valence-corrected chi connectivity index (χ2v) is 38.5. The normalized spacial score (nSPS) is 13.4. The highest BCUT2D eigenvalue weighted by atomic mass is 32.2. The second kappa shape index (κ2) is 38.9. The summed E-state index contributed by atoms with van der Waals surface area (Å²) in [6, 6.07) is 80.3. The molecule has 6 aliphatic heterocycles. The number of rotatable bonds is 13. The number of hydrogen-bond donors (Lipinski definition) is 0. The number of hydrogen-bond acceptors (Lipinski definition) is 12. The number of benzene rings is 12. The lowest BCUT2D eigenvalue weighted by molar-refractivity contribution is 0.450. The third-order valence-corrected chi connectivity index (χ3v) is 27.0. The van der Waals surface area contributed by atoms with Gasteiger partial charge in [0.15, 0.2) is 23.0 Å². The molecular formula is C107H124N6O2S4. The van der Waals surface area contributed by atoms with Gasteiger partial charge in [-0.15, -0.1) is 0 Å². The van der Waals surface area contributed by atoms with E-state index in [2.05, 4.69) is 393 Å². The van der Waals surface area contributed by atoms with Crippen molar-refractivity contribution in [1.29, 1.82) is 0 Å². The second-order valence-electron chi connectivity index (χ2n) is 34.1. The lowest BCUT2D eigenvalue weighted by Crippen LogP contribution is -2.39. The lowest BCUT2D eigenvalue weighted by atomic mass is 10.00. The molecule has 0 amide bonds. The first-order chi connectivity index (χ1) is 57.2. The molecule has 6 aliphatic rings. The largest absolute Gasteiger partial charge is 0.453 e. The number of aryl methyl sites for hydroxylation is 12. The van der Waals surface area contributed by atoms with Crippen molar-refractivity contribution < 1.29 is 9.47 Å². The van der Waals surface area contributed by atoms with Gasteiger partial charge in [-0.25, -0.2) is 0 Å². The fraction of sp³-hybridized carbons (Fsp3) is 0.327. The monoisotopic (exact) mass is 1650 g/mol. The number of anilines is 12. The van der Waals surface area contributed by atoms with Crippen molar-refractivity contribution in [3.63, 3.8) is 0 Å². The van der Waals surface area contributed by atoms with Crippen LogP contribution >= 0.6 is 47.0 Å². The van der Waals surface area contributed by atoms with E-state index < -0.39 is 0 Å². The Bertz CT molecular complexity index is 5300. The highest BCUT2D eigenvalue weighted by Gasteiger charge is 2.34. The van der Waals surface area contributed by atoms with E-state index in [1.807, 2.05) is 47.0 Å². The first kappa shape index (κ1) is 87.3. The van der Waals surface area contributed by atoms with Gasteiger partial charge < -0.3 is 38.9 Å². The van der Waals surface area contributed by atoms with E-state index in [9.17, 15) is 0 Å². The number of unbranched alkanes of at least 4 members (excludes halogenated alkanes) is 6. The minimum atomic E-state index is -0.00219. The molecule has 0 radical (unpaired) electrons. The van der Waals surface area contributed by atoms with Gasteiger partial charge in [-0.05, 0) is 349 Å². The van der Waals surface area contributed by atoms with Crippen LogP contribution < -0.4 is 38.9 Å². The van der Waals surface area contributed by atoms with Crippen LogP contribution in [-0.2, 0) is 0 Å². The first-order valence-corrected chi connectivity index (χ1v) is 46.4. The van der Waals surface area contributed by atoms with Gasteiger partial charge in [0.25, 0.3) is 0 Å². The van der Waals surface area contributed by atoms with Crippen molar-refractivity contribution in [2.45, 2.75) is 247 Å². The van der Waals surface area contributed by atoms with E-state index in [1.165, 1.54) is 214 Å². The highest BCUT2D eigenvalue weighted by Crippen LogP contribution is 2.55. The quantitative estimate of drug-likeness (QED) is 0.103. The zero-order valence-electron chi connectivity index (χ0n) is 74.5. The summed E-state index contributed by atoms with van der Waals surface area (Å²) in [6.45, 7) is 46.9. The minimum absolute atomic E-state index is 0.00219.